The lowest BCUT2D eigenvalue weighted by molar-refractivity contribution is -0.229. The first-order valence-corrected chi connectivity index (χ1v) is 6.12. The fraction of sp³-hybridized carbons (Fsp3) is 0.917. The van der Waals surface area contributed by atoms with Crippen LogP contribution in [0.5, 0.6) is 0 Å². The highest BCUT2D eigenvalue weighted by Crippen LogP contribution is 2.26. The molecule has 1 fully saturated rings. The third kappa shape index (κ3) is 4.20. The summed E-state index contributed by atoms with van der Waals surface area (Å²) < 4.78 is 20.8. The Kier molecular flexibility index (Phi) is 6.56. The van der Waals surface area contributed by atoms with Crippen molar-refractivity contribution in [2.24, 2.45) is 0 Å². The maximum atomic E-state index is 11.8. The van der Waals surface area contributed by atoms with E-state index < -0.39 is 5.79 Å². The molecule has 1 aliphatic heterocycles. The van der Waals surface area contributed by atoms with Gasteiger partial charge in [0, 0.05) is 47.3 Å². The minimum atomic E-state index is -0.534. The van der Waals surface area contributed by atoms with Gasteiger partial charge in [0.05, 0.1) is 13.2 Å². The molecule has 1 aliphatic rings. The molecule has 1 heterocycles. The molecule has 0 spiro atoms. The number of carbonyl (C=O) groups is 1. The Hall–Kier alpha value is -0.690. The van der Waals surface area contributed by atoms with E-state index in [2.05, 4.69) is 0 Å². The second-order valence-electron chi connectivity index (χ2n) is 4.25. The zero-order valence-corrected chi connectivity index (χ0v) is 11.4. The lowest BCUT2D eigenvalue weighted by Crippen LogP contribution is -2.49. The number of carbonyl (C=O) groups excluding carboxylic acids is 1. The maximum Gasteiger partial charge on any atom is 0.248 e. The number of hydrogen-bond acceptors (Lipinski definition) is 5. The van der Waals surface area contributed by atoms with E-state index in [1.165, 1.54) is 0 Å². The molecule has 1 amide bonds. The minimum Gasteiger partial charge on any atom is -0.382 e. The van der Waals surface area contributed by atoms with Crippen molar-refractivity contribution in [1.29, 1.82) is 0 Å². The molecule has 0 bridgehead atoms. The molecule has 0 radical (unpaired) electrons. The quantitative estimate of drug-likeness (QED) is 0.486. The van der Waals surface area contributed by atoms with E-state index >= 15 is 0 Å². The Morgan fingerprint density at radius 1 is 1.11 bits per heavy atom. The van der Waals surface area contributed by atoms with Crippen molar-refractivity contribution in [2.75, 3.05) is 54.2 Å². The largest absolute Gasteiger partial charge is 0.382 e. The Bertz CT molecular complexity index is 245. The first-order valence-electron chi connectivity index (χ1n) is 6.12. The zero-order valence-electron chi connectivity index (χ0n) is 11.4. The van der Waals surface area contributed by atoms with E-state index in [4.69, 9.17) is 18.9 Å². The molecule has 1 rings (SSSR count). The topological polar surface area (TPSA) is 57.2 Å². The molecule has 0 saturated carbocycles. The average Bonchev–Trinajstić information content (AvgIpc) is 2.43. The lowest BCUT2D eigenvalue weighted by atomic mass is 10.0. The minimum absolute atomic E-state index is 0.00640. The van der Waals surface area contributed by atoms with Gasteiger partial charge in [-0.25, -0.2) is 0 Å². The molecule has 106 valence electrons. The van der Waals surface area contributed by atoms with E-state index in [0.29, 0.717) is 39.1 Å². The van der Waals surface area contributed by atoms with Crippen molar-refractivity contribution in [3.05, 3.63) is 0 Å². The van der Waals surface area contributed by atoms with E-state index in [1.807, 2.05) is 0 Å². The normalized spacial score (nSPS) is 18.9. The van der Waals surface area contributed by atoms with Gasteiger partial charge in [0.1, 0.15) is 6.61 Å². The van der Waals surface area contributed by atoms with Crippen LogP contribution < -0.4 is 0 Å². The Morgan fingerprint density at radius 2 is 1.72 bits per heavy atom. The summed E-state index contributed by atoms with van der Waals surface area (Å²) >= 11 is 0. The van der Waals surface area contributed by atoms with E-state index in [0.717, 1.165) is 0 Å². The van der Waals surface area contributed by atoms with Gasteiger partial charge in [-0.2, -0.15) is 0 Å². The molecule has 0 aromatic rings. The number of rotatable bonds is 7. The van der Waals surface area contributed by atoms with Gasteiger partial charge in [0.25, 0.3) is 0 Å². The van der Waals surface area contributed by atoms with Crippen LogP contribution >= 0.6 is 0 Å². The second kappa shape index (κ2) is 7.68. The molecule has 6 nitrogen and oxygen atoms in total. The van der Waals surface area contributed by atoms with Crippen molar-refractivity contribution in [3.63, 3.8) is 0 Å². The molecule has 0 unspecified atom stereocenters. The predicted octanol–water partition coefficient (Wildman–Crippen LogP) is 0.261. The number of piperidine rings is 1. The van der Waals surface area contributed by atoms with Crippen molar-refractivity contribution in [3.8, 4) is 0 Å². The van der Waals surface area contributed by atoms with Crippen LogP contribution in [0.15, 0.2) is 0 Å². The molecule has 0 aromatic heterocycles. The Labute approximate surface area is 108 Å². The third-order valence-corrected chi connectivity index (χ3v) is 3.28. The van der Waals surface area contributed by atoms with Gasteiger partial charge < -0.3 is 23.8 Å². The van der Waals surface area contributed by atoms with Gasteiger partial charge in [-0.15, -0.1) is 0 Å². The summed E-state index contributed by atoms with van der Waals surface area (Å²) in [4.78, 5) is 13.6. The molecule has 6 heteroatoms. The van der Waals surface area contributed by atoms with Gasteiger partial charge in [-0.1, -0.05) is 0 Å². The summed E-state index contributed by atoms with van der Waals surface area (Å²) in [6.07, 6.45) is 1.37. The predicted molar refractivity (Wildman–Crippen MR) is 65.3 cm³/mol. The molecule has 0 atom stereocenters. The molecule has 0 aliphatic carbocycles. The number of amides is 1. The Balaban J connectivity index is 2.27. The SMILES string of the molecule is COCCOCC(=O)N1CCC(OC)(OC)CC1. The number of hydrogen-bond donors (Lipinski definition) is 0. The maximum absolute atomic E-state index is 11.8. The third-order valence-electron chi connectivity index (χ3n) is 3.28. The van der Waals surface area contributed by atoms with Gasteiger partial charge >= 0.3 is 0 Å². The van der Waals surface area contributed by atoms with Crippen molar-refractivity contribution < 1.29 is 23.7 Å². The number of nitrogens with zero attached hydrogens (tertiary/aromatic N) is 1. The van der Waals surface area contributed by atoms with Crippen LogP contribution in [0.25, 0.3) is 0 Å². The highest BCUT2D eigenvalue weighted by Gasteiger charge is 2.35. The van der Waals surface area contributed by atoms with Crippen LogP contribution in [-0.4, -0.2) is 70.8 Å². The summed E-state index contributed by atoms with van der Waals surface area (Å²) in [5.41, 5.74) is 0. The number of likely N-dealkylation sites (tertiary alicyclic amines) is 1. The zero-order chi connectivity index (χ0) is 13.4. The van der Waals surface area contributed by atoms with Crippen LogP contribution in [0.3, 0.4) is 0 Å². The van der Waals surface area contributed by atoms with E-state index in [9.17, 15) is 4.79 Å². The summed E-state index contributed by atoms with van der Waals surface area (Å²) in [5, 5.41) is 0. The standard InChI is InChI=1S/C12H23NO5/c1-15-8-9-18-10-11(14)13-6-4-12(16-2,17-3)5-7-13/h4-10H2,1-3H3. The highest BCUT2D eigenvalue weighted by molar-refractivity contribution is 5.77. The fourth-order valence-electron chi connectivity index (χ4n) is 1.98. The molecule has 1 saturated heterocycles. The summed E-state index contributed by atoms with van der Waals surface area (Å²) in [5.74, 6) is -0.528. The first kappa shape index (κ1) is 15.4. The molecule has 0 aromatic carbocycles. The van der Waals surface area contributed by atoms with Crippen molar-refractivity contribution in [1.82, 2.24) is 4.90 Å². The van der Waals surface area contributed by atoms with Gasteiger partial charge in [-0.05, 0) is 0 Å². The van der Waals surface area contributed by atoms with Crippen LogP contribution in [0.4, 0.5) is 0 Å². The highest BCUT2D eigenvalue weighted by atomic mass is 16.7. The van der Waals surface area contributed by atoms with Crippen molar-refractivity contribution >= 4 is 5.91 Å². The van der Waals surface area contributed by atoms with E-state index in [1.54, 1.807) is 26.2 Å². The van der Waals surface area contributed by atoms with Gasteiger partial charge in [0.2, 0.25) is 5.91 Å². The van der Waals surface area contributed by atoms with Gasteiger partial charge in [-0.3, -0.25) is 4.79 Å². The Morgan fingerprint density at radius 3 is 2.22 bits per heavy atom. The monoisotopic (exact) mass is 261 g/mol. The molecular formula is C12H23NO5. The molecule has 18 heavy (non-hydrogen) atoms. The fourth-order valence-corrected chi connectivity index (χ4v) is 1.98. The van der Waals surface area contributed by atoms with Crippen LogP contribution in [0, 0.1) is 0 Å². The van der Waals surface area contributed by atoms with Gasteiger partial charge in [0.15, 0.2) is 5.79 Å². The smallest absolute Gasteiger partial charge is 0.248 e. The number of ether oxygens (including phenoxy) is 4. The van der Waals surface area contributed by atoms with E-state index in [-0.39, 0.29) is 12.5 Å². The first-order chi connectivity index (χ1) is 8.67. The lowest BCUT2D eigenvalue weighted by Gasteiger charge is -2.39. The average molecular weight is 261 g/mol. The molecule has 0 N–H and O–H groups in total. The second-order valence-corrected chi connectivity index (χ2v) is 4.25. The van der Waals surface area contributed by atoms with Crippen LogP contribution in [0.2, 0.25) is 0 Å². The molecular weight excluding hydrogens is 238 g/mol. The summed E-state index contributed by atoms with van der Waals surface area (Å²) in [6, 6.07) is 0. The summed E-state index contributed by atoms with van der Waals surface area (Å²) in [7, 11) is 4.87. The number of methoxy groups -OCH3 is 3. The van der Waals surface area contributed by atoms with Crippen LogP contribution in [0.1, 0.15) is 12.8 Å². The van der Waals surface area contributed by atoms with Crippen molar-refractivity contribution in [2.45, 2.75) is 18.6 Å². The summed E-state index contributed by atoms with van der Waals surface area (Å²) in [6.45, 7) is 2.32. The van der Waals surface area contributed by atoms with Crippen LogP contribution in [-0.2, 0) is 23.7 Å².